The molecule has 1 aliphatic rings. The van der Waals surface area contributed by atoms with E-state index in [-0.39, 0.29) is 5.82 Å². The molecule has 0 amide bonds. The van der Waals surface area contributed by atoms with Gasteiger partial charge in [-0.25, -0.2) is 4.39 Å². The van der Waals surface area contributed by atoms with Gasteiger partial charge in [0.15, 0.2) is 0 Å². The van der Waals surface area contributed by atoms with E-state index in [1.54, 1.807) is 12.1 Å². The Labute approximate surface area is 117 Å². The van der Waals surface area contributed by atoms with Crippen molar-refractivity contribution in [2.24, 2.45) is 5.41 Å². The first-order valence-corrected chi connectivity index (χ1v) is 7.47. The summed E-state index contributed by atoms with van der Waals surface area (Å²) in [6.45, 7) is 4.68. The van der Waals surface area contributed by atoms with Gasteiger partial charge in [0.25, 0.3) is 0 Å². The van der Waals surface area contributed by atoms with E-state index in [0.29, 0.717) is 11.5 Å². The molecular formula is C15H21BrFN. The Morgan fingerprint density at radius 2 is 2.06 bits per heavy atom. The van der Waals surface area contributed by atoms with Crippen LogP contribution >= 0.6 is 15.9 Å². The number of nitrogens with one attached hydrogen (secondary N) is 1. The van der Waals surface area contributed by atoms with Crippen molar-refractivity contribution >= 4 is 21.6 Å². The molecule has 1 atom stereocenters. The maximum atomic E-state index is 13.2. The largest absolute Gasteiger partial charge is 0.381 e. The van der Waals surface area contributed by atoms with Gasteiger partial charge < -0.3 is 5.32 Å². The molecular weight excluding hydrogens is 293 g/mol. The molecule has 1 aromatic rings. The smallest absolute Gasteiger partial charge is 0.125 e. The van der Waals surface area contributed by atoms with Gasteiger partial charge in [0, 0.05) is 10.5 Å². The van der Waals surface area contributed by atoms with E-state index >= 15 is 0 Å². The molecule has 3 heteroatoms. The number of hydrogen-bond acceptors (Lipinski definition) is 1. The zero-order chi connectivity index (χ0) is 13.2. The first-order chi connectivity index (χ1) is 8.46. The van der Waals surface area contributed by atoms with E-state index in [1.807, 2.05) is 0 Å². The summed E-state index contributed by atoms with van der Waals surface area (Å²) in [6, 6.07) is 5.27. The van der Waals surface area contributed by atoms with Crippen LogP contribution in [0.25, 0.3) is 0 Å². The Bertz CT molecular complexity index is 417. The predicted molar refractivity (Wildman–Crippen MR) is 78.4 cm³/mol. The summed E-state index contributed by atoms with van der Waals surface area (Å²) in [7, 11) is 0. The van der Waals surface area contributed by atoms with Crippen LogP contribution in [0.1, 0.15) is 46.0 Å². The van der Waals surface area contributed by atoms with Crippen molar-refractivity contribution in [2.75, 3.05) is 5.32 Å². The van der Waals surface area contributed by atoms with E-state index in [1.165, 1.54) is 31.7 Å². The minimum absolute atomic E-state index is 0.186. The van der Waals surface area contributed by atoms with Crippen molar-refractivity contribution in [3.63, 3.8) is 0 Å². The fourth-order valence-electron chi connectivity index (χ4n) is 2.63. The van der Waals surface area contributed by atoms with Crippen molar-refractivity contribution in [3.05, 3.63) is 28.5 Å². The molecule has 1 unspecified atom stereocenters. The third kappa shape index (κ3) is 3.71. The summed E-state index contributed by atoms with van der Waals surface area (Å²) >= 11 is 3.47. The maximum absolute atomic E-state index is 13.2. The van der Waals surface area contributed by atoms with Crippen LogP contribution in [-0.2, 0) is 0 Å². The molecule has 1 fully saturated rings. The lowest BCUT2D eigenvalue weighted by Crippen LogP contribution is -2.19. The van der Waals surface area contributed by atoms with Crippen LogP contribution in [-0.4, -0.2) is 6.04 Å². The van der Waals surface area contributed by atoms with Crippen LogP contribution in [0.5, 0.6) is 0 Å². The highest BCUT2D eigenvalue weighted by Crippen LogP contribution is 2.35. The predicted octanol–water partition coefficient (Wildman–Crippen LogP) is 5.36. The Hall–Kier alpha value is -0.570. The number of halogens is 2. The number of anilines is 1. The molecule has 1 N–H and O–H groups in total. The second-order valence-electron chi connectivity index (χ2n) is 6.06. The second-order valence-corrected chi connectivity index (χ2v) is 6.91. The summed E-state index contributed by atoms with van der Waals surface area (Å²) in [5.41, 5.74) is 1.33. The van der Waals surface area contributed by atoms with Crippen LogP contribution in [0.3, 0.4) is 0 Å². The van der Waals surface area contributed by atoms with Crippen LogP contribution in [0.4, 0.5) is 10.1 Å². The minimum atomic E-state index is -0.186. The van der Waals surface area contributed by atoms with Crippen LogP contribution in [0.15, 0.2) is 22.7 Å². The first kappa shape index (κ1) is 13.9. The highest BCUT2D eigenvalue weighted by Gasteiger charge is 2.24. The summed E-state index contributed by atoms with van der Waals surface area (Å²) in [6.07, 6.45) is 6.10. The molecule has 0 saturated heterocycles. The molecule has 100 valence electrons. The average Bonchev–Trinajstić information content (AvgIpc) is 2.46. The van der Waals surface area contributed by atoms with E-state index in [2.05, 4.69) is 35.1 Å². The summed E-state index contributed by atoms with van der Waals surface area (Å²) < 4.78 is 14.2. The molecule has 1 aromatic carbocycles. The molecule has 1 aliphatic carbocycles. The molecule has 0 heterocycles. The molecule has 2 rings (SSSR count). The molecule has 0 aromatic heterocycles. The fraction of sp³-hybridized carbons (Fsp3) is 0.600. The highest BCUT2D eigenvalue weighted by molar-refractivity contribution is 9.10. The van der Waals surface area contributed by atoms with Crippen LogP contribution < -0.4 is 5.32 Å². The topological polar surface area (TPSA) is 12.0 Å². The Balaban J connectivity index is 2.03. The zero-order valence-electron chi connectivity index (χ0n) is 11.1. The van der Waals surface area contributed by atoms with Crippen LogP contribution in [0, 0.1) is 11.2 Å². The van der Waals surface area contributed by atoms with E-state index < -0.39 is 0 Å². The minimum Gasteiger partial charge on any atom is -0.381 e. The number of rotatable bonds is 2. The molecule has 0 aliphatic heterocycles. The lowest BCUT2D eigenvalue weighted by molar-refractivity contribution is 0.313. The fourth-order valence-corrected chi connectivity index (χ4v) is 2.99. The molecule has 0 spiro atoms. The van der Waals surface area contributed by atoms with Gasteiger partial charge in [0.2, 0.25) is 0 Å². The molecule has 0 radical (unpaired) electrons. The van der Waals surface area contributed by atoms with Crippen molar-refractivity contribution in [1.82, 2.24) is 0 Å². The summed E-state index contributed by atoms with van der Waals surface area (Å²) in [5, 5.41) is 3.48. The number of hydrogen-bond donors (Lipinski definition) is 1. The second kappa shape index (κ2) is 5.60. The summed E-state index contributed by atoms with van der Waals surface area (Å²) in [4.78, 5) is 0. The van der Waals surface area contributed by atoms with E-state index in [4.69, 9.17) is 0 Å². The third-order valence-electron chi connectivity index (χ3n) is 3.86. The van der Waals surface area contributed by atoms with Gasteiger partial charge in [-0.3, -0.25) is 0 Å². The van der Waals surface area contributed by atoms with Crippen molar-refractivity contribution in [3.8, 4) is 0 Å². The summed E-state index contributed by atoms with van der Waals surface area (Å²) in [5.74, 6) is -0.186. The standard InChI is InChI=1S/C15H21BrFN/c1-15(2)8-3-4-12(7-9-15)18-14-10-11(17)5-6-13(14)16/h5-6,10,12,18H,3-4,7-9H2,1-2H3. The third-order valence-corrected chi connectivity index (χ3v) is 4.56. The van der Waals surface area contributed by atoms with Crippen LogP contribution in [0.2, 0.25) is 0 Å². The van der Waals surface area contributed by atoms with Gasteiger partial charge in [0.1, 0.15) is 5.82 Å². The normalized spacial score (nSPS) is 23.4. The maximum Gasteiger partial charge on any atom is 0.125 e. The molecule has 1 nitrogen and oxygen atoms in total. The van der Waals surface area contributed by atoms with Gasteiger partial charge >= 0.3 is 0 Å². The Morgan fingerprint density at radius 3 is 2.83 bits per heavy atom. The Morgan fingerprint density at radius 1 is 1.28 bits per heavy atom. The van der Waals surface area contributed by atoms with Gasteiger partial charge in [-0.05, 0) is 65.2 Å². The van der Waals surface area contributed by atoms with Gasteiger partial charge in [0.05, 0.1) is 5.69 Å². The lowest BCUT2D eigenvalue weighted by Gasteiger charge is -2.22. The Kier molecular flexibility index (Phi) is 4.31. The zero-order valence-corrected chi connectivity index (χ0v) is 12.7. The SMILES string of the molecule is CC1(C)CCCC(Nc2cc(F)ccc2Br)CC1. The first-order valence-electron chi connectivity index (χ1n) is 6.68. The number of benzene rings is 1. The average molecular weight is 314 g/mol. The van der Waals surface area contributed by atoms with Crippen molar-refractivity contribution in [2.45, 2.75) is 52.0 Å². The van der Waals surface area contributed by atoms with Gasteiger partial charge in [-0.1, -0.05) is 20.3 Å². The van der Waals surface area contributed by atoms with Crippen molar-refractivity contribution < 1.29 is 4.39 Å². The monoisotopic (exact) mass is 313 g/mol. The lowest BCUT2D eigenvalue weighted by atomic mass is 9.85. The van der Waals surface area contributed by atoms with E-state index in [9.17, 15) is 4.39 Å². The molecule has 18 heavy (non-hydrogen) atoms. The van der Waals surface area contributed by atoms with E-state index in [0.717, 1.165) is 16.6 Å². The molecule has 0 bridgehead atoms. The van der Waals surface area contributed by atoms with Crippen molar-refractivity contribution in [1.29, 1.82) is 0 Å². The quantitative estimate of drug-likeness (QED) is 0.725. The highest BCUT2D eigenvalue weighted by atomic mass is 79.9. The van der Waals surface area contributed by atoms with Gasteiger partial charge in [-0.2, -0.15) is 0 Å². The van der Waals surface area contributed by atoms with Gasteiger partial charge in [-0.15, -0.1) is 0 Å². The molecule has 1 saturated carbocycles.